The van der Waals surface area contributed by atoms with Gasteiger partial charge in [-0.15, -0.1) is 0 Å². The summed E-state index contributed by atoms with van der Waals surface area (Å²) in [4.78, 5) is 27.0. The molecule has 2 aromatic carbocycles. The van der Waals surface area contributed by atoms with Gasteiger partial charge in [-0.25, -0.2) is 4.68 Å². The van der Waals surface area contributed by atoms with Gasteiger partial charge in [-0.2, -0.15) is 5.10 Å². The van der Waals surface area contributed by atoms with Crippen LogP contribution >= 0.6 is 23.2 Å². The molecule has 1 N–H and O–H groups in total. The molecule has 31 heavy (non-hydrogen) atoms. The predicted molar refractivity (Wildman–Crippen MR) is 125 cm³/mol. The van der Waals surface area contributed by atoms with Crippen LogP contribution in [0.4, 0.5) is 11.4 Å². The molecule has 1 aliphatic heterocycles. The molecule has 0 atom stereocenters. The Balaban J connectivity index is 1.48. The minimum absolute atomic E-state index is 0.210. The highest BCUT2D eigenvalue weighted by Gasteiger charge is 2.12. The van der Waals surface area contributed by atoms with Gasteiger partial charge < -0.3 is 10.2 Å². The molecule has 0 aliphatic carbocycles. The van der Waals surface area contributed by atoms with Gasteiger partial charge in [0.1, 0.15) is 6.54 Å². The minimum atomic E-state index is -0.384. The predicted octanol–water partition coefficient (Wildman–Crippen LogP) is 4.85. The van der Waals surface area contributed by atoms with Crippen molar-refractivity contribution in [1.29, 1.82) is 0 Å². The van der Waals surface area contributed by atoms with E-state index in [4.69, 9.17) is 23.2 Å². The Labute approximate surface area is 190 Å². The lowest BCUT2D eigenvalue weighted by molar-refractivity contribution is -0.117. The van der Waals surface area contributed by atoms with E-state index in [9.17, 15) is 9.59 Å². The zero-order valence-electron chi connectivity index (χ0n) is 16.9. The van der Waals surface area contributed by atoms with Gasteiger partial charge in [0, 0.05) is 36.1 Å². The molecule has 1 fully saturated rings. The Morgan fingerprint density at radius 1 is 0.935 bits per heavy atom. The number of hydrogen-bond donors (Lipinski definition) is 1. The maximum atomic E-state index is 12.4. The first kappa shape index (κ1) is 21.4. The standard InChI is InChI=1S/C23H22Cl2N4O2/c24-19-9-6-17(14-20(19)25)26-22(30)15-29-23(31)11-10-21(27-29)16-4-7-18(8-5-16)28-12-2-1-3-13-28/h4-11,14H,1-3,12-13,15H2,(H,26,30). The summed E-state index contributed by atoms with van der Waals surface area (Å²) in [6.45, 7) is 1.95. The Morgan fingerprint density at radius 2 is 1.68 bits per heavy atom. The van der Waals surface area contributed by atoms with Crippen molar-refractivity contribution < 1.29 is 4.79 Å². The maximum absolute atomic E-state index is 12.4. The van der Waals surface area contributed by atoms with E-state index in [0.717, 1.165) is 23.3 Å². The molecule has 1 aromatic heterocycles. The lowest BCUT2D eigenvalue weighted by atomic mass is 10.1. The van der Waals surface area contributed by atoms with Crippen LogP contribution in [0, 0.1) is 0 Å². The van der Waals surface area contributed by atoms with Crippen molar-refractivity contribution >= 4 is 40.5 Å². The number of anilines is 2. The van der Waals surface area contributed by atoms with Gasteiger partial charge in [0.05, 0.1) is 15.7 Å². The van der Waals surface area contributed by atoms with E-state index in [2.05, 4.69) is 27.4 Å². The molecule has 3 aromatic rings. The molecule has 0 unspecified atom stereocenters. The number of piperidine rings is 1. The molecule has 0 bridgehead atoms. The fourth-order valence-electron chi connectivity index (χ4n) is 3.62. The summed E-state index contributed by atoms with van der Waals surface area (Å²) in [5.74, 6) is -0.384. The number of halogens is 2. The smallest absolute Gasteiger partial charge is 0.267 e. The van der Waals surface area contributed by atoms with E-state index in [1.54, 1.807) is 24.3 Å². The second-order valence-corrected chi connectivity index (χ2v) is 8.30. The lowest BCUT2D eigenvalue weighted by Gasteiger charge is -2.28. The van der Waals surface area contributed by atoms with E-state index in [1.165, 1.54) is 31.0 Å². The number of hydrogen-bond acceptors (Lipinski definition) is 4. The van der Waals surface area contributed by atoms with Crippen LogP contribution in [0.5, 0.6) is 0 Å². The first-order chi connectivity index (χ1) is 15.0. The fraction of sp³-hybridized carbons (Fsp3) is 0.261. The molecule has 1 amide bonds. The van der Waals surface area contributed by atoms with Gasteiger partial charge in [-0.3, -0.25) is 9.59 Å². The summed E-state index contributed by atoms with van der Waals surface area (Å²) in [7, 11) is 0. The quantitative estimate of drug-likeness (QED) is 0.595. The van der Waals surface area contributed by atoms with Crippen molar-refractivity contribution in [2.45, 2.75) is 25.8 Å². The number of carbonyl (C=O) groups excluding carboxylic acids is 1. The Morgan fingerprint density at radius 3 is 2.39 bits per heavy atom. The topological polar surface area (TPSA) is 67.2 Å². The number of aromatic nitrogens is 2. The summed E-state index contributed by atoms with van der Waals surface area (Å²) >= 11 is 11.9. The minimum Gasteiger partial charge on any atom is -0.372 e. The highest BCUT2D eigenvalue weighted by molar-refractivity contribution is 6.42. The zero-order chi connectivity index (χ0) is 21.8. The zero-order valence-corrected chi connectivity index (χ0v) is 18.4. The maximum Gasteiger partial charge on any atom is 0.267 e. The van der Waals surface area contributed by atoms with E-state index in [0.29, 0.717) is 21.4 Å². The molecule has 1 saturated heterocycles. The van der Waals surface area contributed by atoms with Crippen molar-refractivity contribution in [3.8, 4) is 11.3 Å². The lowest BCUT2D eigenvalue weighted by Crippen LogP contribution is -2.29. The number of rotatable bonds is 5. The van der Waals surface area contributed by atoms with Crippen LogP contribution < -0.4 is 15.8 Å². The Bertz CT molecular complexity index is 1140. The summed E-state index contributed by atoms with van der Waals surface area (Å²) in [6, 6.07) is 16.0. The van der Waals surface area contributed by atoms with Gasteiger partial charge in [-0.1, -0.05) is 35.3 Å². The molecular weight excluding hydrogens is 435 g/mol. The van der Waals surface area contributed by atoms with Crippen molar-refractivity contribution in [1.82, 2.24) is 9.78 Å². The number of benzene rings is 2. The number of carbonyl (C=O) groups is 1. The molecular formula is C23H22Cl2N4O2. The first-order valence-corrected chi connectivity index (χ1v) is 10.9. The molecule has 2 heterocycles. The van der Waals surface area contributed by atoms with Crippen LogP contribution in [0.15, 0.2) is 59.4 Å². The van der Waals surface area contributed by atoms with Crippen LogP contribution in [0.1, 0.15) is 19.3 Å². The molecule has 0 saturated carbocycles. The summed E-state index contributed by atoms with van der Waals surface area (Å²) in [6.07, 6.45) is 3.73. The molecule has 4 rings (SSSR count). The molecule has 8 heteroatoms. The number of amides is 1. The van der Waals surface area contributed by atoms with Crippen molar-refractivity contribution in [3.05, 3.63) is 75.0 Å². The summed E-state index contributed by atoms with van der Waals surface area (Å²) < 4.78 is 1.15. The van der Waals surface area contributed by atoms with Crippen molar-refractivity contribution in [2.75, 3.05) is 23.3 Å². The Kier molecular flexibility index (Phi) is 6.59. The van der Waals surface area contributed by atoms with Gasteiger partial charge >= 0.3 is 0 Å². The van der Waals surface area contributed by atoms with Crippen molar-refractivity contribution in [2.24, 2.45) is 0 Å². The average molecular weight is 457 g/mol. The average Bonchev–Trinajstić information content (AvgIpc) is 2.78. The third kappa shape index (κ3) is 5.27. The highest BCUT2D eigenvalue weighted by atomic mass is 35.5. The first-order valence-electron chi connectivity index (χ1n) is 10.2. The van der Waals surface area contributed by atoms with E-state index in [-0.39, 0.29) is 18.0 Å². The number of nitrogens with one attached hydrogen (secondary N) is 1. The van der Waals surface area contributed by atoms with Gasteiger partial charge in [0.15, 0.2) is 0 Å². The van der Waals surface area contributed by atoms with Gasteiger partial charge in [-0.05, 0) is 55.7 Å². The van der Waals surface area contributed by atoms with Crippen LogP contribution in [0.25, 0.3) is 11.3 Å². The van der Waals surface area contributed by atoms with Gasteiger partial charge in [0.2, 0.25) is 5.91 Å². The molecule has 1 aliphatic rings. The number of nitrogens with zero attached hydrogens (tertiary/aromatic N) is 3. The van der Waals surface area contributed by atoms with Crippen molar-refractivity contribution in [3.63, 3.8) is 0 Å². The SMILES string of the molecule is O=C(Cn1nc(-c2ccc(N3CCCCC3)cc2)ccc1=O)Nc1ccc(Cl)c(Cl)c1. The molecule has 160 valence electrons. The third-order valence-corrected chi connectivity index (χ3v) is 5.99. The normalized spacial score (nSPS) is 13.8. The summed E-state index contributed by atoms with van der Waals surface area (Å²) in [5.41, 5.74) is 2.86. The third-order valence-electron chi connectivity index (χ3n) is 5.25. The monoisotopic (exact) mass is 456 g/mol. The Hall–Kier alpha value is -2.83. The van der Waals surface area contributed by atoms with Crippen LogP contribution in [-0.2, 0) is 11.3 Å². The van der Waals surface area contributed by atoms with E-state index in [1.807, 2.05) is 12.1 Å². The van der Waals surface area contributed by atoms with Gasteiger partial charge in [0.25, 0.3) is 5.56 Å². The van der Waals surface area contributed by atoms with Crippen LogP contribution in [0.3, 0.4) is 0 Å². The summed E-state index contributed by atoms with van der Waals surface area (Å²) in [5, 5.41) is 7.82. The van der Waals surface area contributed by atoms with E-state index >= 15 is 0 Å². The fourth-order valence-corrected chi connectivity index (χ4v) is 3.92. The highest BCUT2D eigenvalue weighted by Crippen LogP contribution is 2.25. The molecule has 0 radical (unpaired) electrons. The molecule has 0 spiro atoms. The van der Waals surface area contributed by atoms with E-state index < -0.39 is 0 Å². The van der Waals surface area contributed by atoms with Crippen LogP contribution in [0.2, 0.25) is 10.0 Å². The second kappa shape index (κ2) is 9.54. The molecule has 6 nitrogen and oxygen atoms in total. The largest absolute Gasteiger partial charge is 0.372 e. The van der Waals surface area contributed by atoms with Crippen LogP contribution in [-0.4, -0.2) is 28.8 Å². The second-order valence-electron chi connectivity index (χ2n) is 7.49.